The quantitative estimate of drug-likeness (QED) is 0.560. The van der Waals surface area contributed by atoms with E-state index in [2.05, 4.69) is 57.0 Å². The van der Waals surface area contributed by atoms with Crippen LogP contribution in [0.15, 0.2) is 24.3 Å². The van der Waals surface area contributed by atoms with Crippen molar-refractivity contribution in [3.8, 4) is 11.4 Å². The van der Waals surface area contributed by atoms with Crippen LogP contribution in [0, 0.1) is 20.8 Å². The predicted octanol–water partition coefficient (Wildman–Crippen LogP) is 3.43. The molecular weight excluding hydrogens is 262 g/mol. The number of nitrogens with zero attached hydrogens (tertiary/aromatic N) is 3. The molecule has 3 heterocycles. The smallest absolute Gasteiger partial charge is 0.180 e. The van der Waals surface area contributed by atoms with Crippen molar-refractivity contribution in [2.75, 3.05) is 0 Å². The highest BCUT2D eigenvalue weighted by Gasteiger charge is 2.10. The number of rotatable bonds is 1. The Kier molecular flexibility index (Phi) is 2.39. The Bertz CT molecular complexity index is 926. The molecule has 1 aromatic carbocycles. The number of aryl methyl sites for hydroxylation is 3. The molecule has 0 atom stereocenters. The van der Waals surface area contributed by atoms with Gasteiger partial charge < -0.3 is 9.97 Å². The van der Waals surface area contributed by atoms with Crippen LogP contribution in [0.4, 0.5) is 0 Å². The summed E-state index contributed by atoms with van der Waals surface area (Å²) in [6.45, 7) is 6.13. The van der Waals surface area contributed by atoms with Gasteiger partial charge in [-0.05, 0) is 44.0 Å². The van der Waals surface area contributed by atoms with Gasteiger partial charge in [0.2, 0.25) is 0 Å². The van der Waals surface area contributed by atoms with Gasteiger partial charge in [0.25, 0.3) is 0 Å². The lowest BCUT2D eigenvalue weighted by molar-refractivity contribution is 1.16. The molecule has 5 heteroatoms. The minimum Gasteiger partial charge on any atom is -0.341 e. The van der Waals surface area contributed by atoms with Crippen LogP contribution in [0.3, 0.4) is 0 Å². The van der Waals surface area contributed by atoms with Crippen molar-refractivity contribution in [2.24, 2.45) is 0 Å². The first-order valence-corrected chi connectivity index (χ1v) is 6.91. The van der Waals surface area contributed by atoms with Gasteiger partial charge in [0.15, 0.2) is 11.3 Å². The van der Waals surface area contributed by atoms with Crippen LogP contribution in [-0.4, -0.2) is 24.9 Å². The zero-order valence-corrected chi connectivity index (χ0v) is 12.2. The molecule has 0 aliphatic carbocycles. The molecule has 4 aromatic rings. The highest BCUT2D eigenvalue weighted by molar-refractivity contribution is 5.87. The van der Waals surface area contributed by atoms with E-state index in [4.69, 9.17) is 0 Å². The molecule has 104 valence electrons. The number of H-pyrrole nitrogens is 2. The van der Waals surface area contributed by atoms with Crippen molar-refractivity contribution in [1.82, 2.24) is 24.9 Å². The van der Waals surface area contributed by atoms with Gasteiger partial charge in [-0.25, -0.2) is 15.0 Å². The molecule has 4 rings (SSSR count). The fourth-order valence-corrected chi connectivity index (χ4v) is 2.52. The Morgan fingerprint density at radius 3 is 2.33 bits per heavy atom. The van der Waals surface area contributed by atoms with Crippen LogP contribution in [0.2, 0.25) is 0 Å². The maximum atomic E-state index is 4.59. The zero-order chi connectivity index (χ0) is 14.6. The molecule has 0 saturated heterocycles. The summed E-state index contributed by atoms with van der Waals surface area (Å²) in [6.07, 6.45) is 0. The first-order valence-electron chi connectivity index (χ1n) is 6.91. The topological polar surface area (TPSA) is 70.2 Å². The fraction of sp³-hybridized carbons (Fsp3) is 0.188. The van der Waals surface area contributed by atoms with E-state index in [-0.39, 0.29) is 0 Å². The van der Waals surface area contributed by atoms with Crippen molar-refractivity contribution in [2.45, 2.75) is 20.8 Å². The van der Waals surface area contributed by atoms with E-state index in [1.807, 2.05) is 13.0 Å². The van der Waals surface area contributed by atoms with Gasteiger partial charge in [-0.15, -0.1) is 0 Å². The highest BCUT2D eigenvalue weighted by Crippen LogP contribution is 2.23. The predicted molar refractivity (Wildman–Crippen MR) is 83.2 cm³/mol. The van der Waals surface area contributed by atoms with E-state index >= 15 is 0 Å². The Morgan fingerprint density at radius 2 is 1.52 bits per heavy atom. The molecule has 0 radical (unpaired) electrons. The van der Waals surface area contributed by atoms with Crippen molar-refractivity contribution >= 4 is 22.3 Å². The lowest BCUT2D eigenvalue weighted by atomic mass is 10.1. The van der Waals surface area contributed by atoms with Crippen LogP contribution in [0.5, 0.6) is 0 Å². The van der Waals surface area contributed by atoms with Crippen molar-refractivity contribution in [3.63, 3.8) is 0 Å². The molecule has 0 amide bonds. The standard InChI is InChI=1S/C16H15N5/c1-8-4-5-11(6-9(8)2)14-19-13-7-12-15(18-10(3)17-12)21-16(13)20-14/h4-7H,1-3H3,(H2,17,18,19,20,21). The number of benzene rings is 1. The molecule has 0 fully saturated rings. The second-order valence-electron chi connectivity index (χ2n) is 5.44. The van der Waals surface area contributed by atoms with Crippen molar-refractivity contribution in [1.29, 1.82) is 0 Å². The third kappa shape index (κ3) is 1.89. The Balaban J connectivity index is 1.91. The maximum absolute atomic E-state index is 4.59. The summed E-state index contributed by atoms with van der Waals surface area (Å²) in [4.78, 5) is 20.0. The molecule has 0 unspecified atom stereocenters. The number of hydrogen-bond acceptors (Lipinski definition) is 3. The van der Waals surface area contributed by atoms with Crippen molar-refractivity contribution < 1.29 is 0 Å². The summed E-state index contributed by atoms with van der Waals surface area (Å²) in [5.41, 5.74) is 6.85. The van der Waals surface area contributed by atoms with E-state index in [0.29, 0.717) is 11.3 Å². The van der Waals surface area contributed by atoms with Crippen molar-refractivity contribution in [3.05, 3.63) is 41.2 Å². The molecule has 21 heavy (non-hydrogen) atoms. The van der Waals surface area contributed by atoms with Crippen LogP contribution < -0.4 is 0 Å². The molecule has 0 aliphatic rings. The number of pyridine rings is 1. The number of imidazole rings is 2. The summed E-state index contributed by atoms with van der Waals surface area (Å²) < 4.78 is 0. The minimum atomic E-state index is 0.697. The molecule has 0 saturated carbocycles. The van der Waals surface area contributed by atoms with E-state index in [0.717, 1.165) is 28.2 Å². The second-order valence-corrected chi connectivity index (χ2v) is 5.44. The highest BCUT2D eigenvalue weighted by atomic mass is 15.0. The van der Waals surface area contributed by atoms with E-state index in [1.54, 1.807) is 0 Å². The van der Waals surface area contributed by atoms with Gasteiger partial charge in [-0.2, -0.15) is 0 Å². The first-order chi connectivity index (χ1) is 10.1. The molecule has 2 N–H and O–H groups in total. The summed E-state index contributed by atoms with van der Waals surface area (Å²) in [5, 5.41) is 0. The summed E-state index contributed by atoms with van der Waals surface area (Å²) in [5.74, 6) is 1.70. The van der Waals surface area contributed by atoms with Gasteiger partial charge in [0.05, 0.1) is 11.0 Å². The third-order valence-electron chi connectivity index (χ3n) is 3.82. The third-order valence-corrected chi connectivity index (χ3v) is 3.82. The molecule has 0 aliphatic heterocycles. The summed E-state index contributed by atoms with van der Waals surface area (Å²) in [7, 11) is 0. The van der Waals surface area contributed by atoms with Crippen LogP contribution in [-0.2, 0) is 0 Å². The number of fused-ring (bicyclic) bond motifs is 2. The number of aromatic nitrogens is 5. The van der Waals surface area contributed by atoms with E-state index in [1.165, 1.54) is 11.1 Å². The van der Waals surface area contributed by atoms with Gasteiger partial charge >= 0.3 is 0 Å². The average Bonchev–Trinajstić information content (AvgIpc) is 3.00. The lowest BCUT2D eigenvalue weighted by Crippen LogP contribution is -1.85. The summed E-state index contributed by atoms with van der Waals surface area (Å²) >= 11 is 0. The Morgan fingerprint density at radius 1 is 0.762 bits per heavy atom. The first kappa shape index (κ1) is 12.1. The van der Waals surface area contributed by atoms with Gasteiger partial charge in [0, 0.05) is 5.56 Å². The fourth-order valence-electron chi connectivity index (χ4n) is 2.52. The molecule has 3 aromatic heterocycles. The minimum absolute atomic E-state index is 0.697. The van der Waals surface area contributed by atoms with E-state index < -0.39 is 0 Å². The second kappa shape index (κ2) is 4.15. The maximum Gasteiger partial charge on any atom is 0.180 e. The monoisotopic (exact) mass is 277 g/mol. The average molecular weight is 277 g/mol. The number of aromatic amines is 2. The van der Waals surface area contributed by atoms with E-state index in [9.17, 15) is 0 Å². The van der Waals surface area contributed by atoms with Crippen LogP contribution in [0.1, 0.15) is 17.0 Å². The summed E-state index contributed by atoms with van der Waals surface area (Å²) in [6, 6.07) is 8.34. The molecule has 0 bridgehead atoms. The lowest BCUT2D eigenvalue weighted by Gasteiger charge is -2.01. The normalized spacial score (nSPS) is 11.6. The molecule has 0 spiro atoms. The Hall–Kier alpha value is -2.69. The van der Waals surface area contributed by atoms with Gasteiger partial charge in [-0.1, -0.05) is 12.1 Å². The van der Waals surface area contributed by atoms with Gasteiger partial charge in [0.1, 0.15) is 11.6 Å². The zero-order valence-electron chi connectivity index (χ0n) is 12.2. The van der Waals surface area contributed by atoms with Crippen LogP contribution >= 0.6 is 0 Å². The SMILES string of the molecule is Cc1nc2nc3nc(-c4ccc(C)c(C)c4)[nH]c3cc2[nH]1. The number of hydrogen-bond donors (Lipinski definition) is 2. The molecular formula is C16H15N5. The Labute approximate surface area is 121 Å². The van der Waals surface area contributed by atoms with Crippen LogP contribution in [0.25, 0.3) is 33.7 Å². The van der Waals surface area contributed by atoms with Gasteiger partial charge in [-0.3, -0.25) is 0 Å². The largest absolute Gasteiger partial charge is 0.341 e. The number of nitrogens with one attached hydrogen (secondary N) is 2. The molecule has 5 nitrogen and oxygen atoms in total.